The monoisotopic (exact) mass is 416 g/mol. The number of furan rings is 1. The van der Waals surface area contributed by atoms with Crippen LogP contribution in [-0.4, -0.2) is 19.8 Å². The average molecular weight is 417 g/mol. The van der Waals surface area contributed by atoms with E-state index in [1.165, 1.54) is 11.1 Å². The topological polar surface area (TPSA) is 56.2 Å². The highest BCUT2D eigenvalue weighted by atomic mass is 32.1. The standard InChI is InChI=1S/C24H24N4OS/c1-14(2)13-17-9-11-18(12-10-17)15(3)23-27-28-22(25-26-24(28)30-23)21-16(4)19-7-5-6-8-20(19)29-21/h5-12,14-15H,13H2,1-4H3. The Balaban J connectivity index is 1.50. The number of aryl methyl sites for hydroxylation is 1. The molecule has 0 radical (unpaired) electrons. The van der Waals surface area contributed by atoms with Crippen molar-refractivity contribution in [3.63, 3.8) is 0 Å². The molecule has 3 aromatic heterocycles. The molecule has 0 amide bonds. The summed E-state index contributed by atoms with van der Waals surface area (Å²) in [6, 6.07) is 16.9. The maximum atomic E-state index is 6.09. The van der Waals surface area contributed by atoms with Gasteiger partial charge in [-0.1, -0.05) is 74.6 Å². The summed E-state index contributed by atoms with van der Waals surface area (Å²) in [5.74, 6) is 2.23. The molecule has 0 spiro atoms. The molecule has 0 aliphatic rings. The molecule has 6 heteroatoms. The van der Waals surface area contributed by atoms with Gasteiger partial charge in [-0.25, -0.2) is 0 Å². The van der Waals surface area contributed by atoms with Crippen LogP contribution in [0.15, 0.2) is 52.9 Å². The molecular weight excluding hydrogens is 392 g/mol. The van der Waals surface area contributed by atoms with E-state index < -0.39 is 0 Å². The Bertz CT molecular complexity index is 1330. The summed E-state index contributed by atoms with van der Waals surface area (Å²) >= 11 is 1.58. The lowest BCUT2D eigenvalue weighted by Gasteiger charge is -2.10. The Morgan fingerprint density at radius 1 is 1.00 bits per heavy atom. The SMILES string of the molecule is Cc1c(-c2nnc3sc(C(C)c4ccc(CC(C)C)cc4)nn23)oc2ccccc12. The molecule has 3 heterocycles. The summed E-state index contributed by atoms with van der Waals surface area (Å²) in [4.78, 5) is 0.781. The van der Waals surface area contributed by atoms with Crippen molar-refractivity contribution in [3.8, 4) is 11.6 Å². The Hall–Kier alpha value is -2.99. The molecule has 0 aliphatic carbocycles. The number of nitrogens with zero attached hydrogens (tertiary/aromatic N) is 4. The minimum Gasteiger partial charge on any atom is -0.452 e. The normalized spacial score (nSPS) is 13.0. The smallest absolute Gasteiger partial charge is 0.235 e. The van der Waals surface area contributed by atoms with Gasteiger partial charge in [0, 0.05) is 16.9 Å². The zero-order valence-corrected chi connectivity index (χ0v) is 18.4. The highest BCUT2D eigenvalue weighted by Gasteiger charge is 2.22. The van der Waals surface area contributed by atoms with Crippen molar-refractivity contribution in [2.45, 2.75) is 40.0 Å². The second kappa shape index (κ2) is 7.36. The first kappa shape index (κ1) is 19.0. The summed E-state index contributed by atoms with van der Waals surface area (Å²) in [5, 5.41) is 15.7. The van der Waals surface area contributed by atoms with Crippen LogP contribution in [0.25, 0.3) is 27.5 Å². The zero-order valence-electron chi connectivity index (χ0n) is 17.6. The molecular formula is C24H24N4OS. The third-order valence-corrected chi connectivity index (χ3v) is 6.63. The molecule has 0 fully saturated rings. The maximum Gasteiger partial charge on any atom is 0.235 e. The van der Waals surface area contributed by atoms with Gasteiger partial charge in [0.15, 0.2) is 5.76 Å². The number of hydrogen-bond donors (Lipinski definition) is 0. The van der Waals surface area contributed by atoms with Gasteiger partial charge in [-0.05, 0) is 36.5 Å². The number of benzene rings is 2. The van der Waals surface area contributed by atoms with Crippen LogP contribution in [0.4, 0.5) is 0 Å². The predicted molar refractivity (Wildman–Crippen MR) is 121 cm³/mol. The Labute approximate surface area is 179 Å². The Kier molecular flexibility index (Phi) is 4.66. The second-order valence-electron chi connectivity index (χ2n) is 8.27. The van der Waals surface area contributed by atoms with Crippen LogP contribution in [0.5, 0.6) is 0 Å². The van der Waals surface area contributed by atoms with E-state index in [9.17, 15) is 0 Å². The van der Waals surface area contributed by atoms with Crippen LogP contribution in [0.2, 0.25) is 0 Å². The lowest BCUT2D eigenvalue weighted by atomic mass is 9.97. The quantitative estimate of drug-likeness (QED) is 0.339. The van der Waals surface area contributed by atoms with Crippen molar-refractivity contribution in [1.29, 1.82) is 0 Å². The van der Waals surface area contributed by atoms with E-state index in [0.717, 1.165) is 38.7 Å². The van der Waals surface area contributed by atoms with E-state index in [1.54, 1.807) is 11.3 Å². The molecule has 5 aromatic rings. The average Bonchev–Trinajstić information content (AvgIpc) is 3.41. The van der Waals surface area contributed by atoms with E-state index in [1.807, 2.05) is 22.7 Å². The molecule has 0 bridgehead atoms. The lowest BCUT2D eigenvalue weighted by molar-refractivity contribution is 0.618. The van der Waals surface area contributed by atoms with E-state index >= 15 is 0 Å². The lowest BCUT2D eigenvalue weighted by Crippen LogP contribution is -1.99. The molecule has 0 N–H and O–H groups in total. The van der Waals surface area contributed by atoms with Gasteiger partial charge in [-0.15, -0.1) is 10.2 Å². The van der Waals surface area contributed by atoms with Gasteiger partial charge >= 0.3 is 0 Å². The molecule has 152 valence electrons. The highest BCUT2D eigenvalue weighted by Crippen LogP contribution is 2.34. The minimum atomic E-state index is 0.189. The summed E-state index contributed by atoms with van der Waals surface area (Å²) in [6.45, 7) is 8.74. The van der Waals surface area contributed by atoms with Crippen molar-refractivity contribution in [2.24, 2.45) is 5.92 Å². The first-order valence-electron chi connectivity index (χ1n) is 10.3. The van der Waals surface area contributed by atoms with Crippen LogP contribution in [-0.2, 0) is 6.42 Å². The fourth-order valence-corrected chi connectivity index (χ4v) is 4.81. The second-order valence-corrected chi connectivity index (χ2v) is 9.26. The number of aromatic nitrogens is 4. The summed E-state index contributed by atoms with van der Waals surface area (Å²) < 4.78 is 7.91. The van der Waals surface area contributed by atoms with E-state index in [0.29, 0.717) is 11.7 Å². The molecule has 0 saturated carbocycles. The van der Waals surface area contributed by atoms with Gasteiger partial charge in [-0.2, -0.15) is 9.61 Å². The van der Waals surface area contributed by atoms with Crippen LogP contribution in [0.3, 0.4) is 0 Å². The van der Waals surface area contributed by atoms with E-state index in [-0.39, 0.29) is 5.92 Å². The predicted octanol–water partition coefficient (Wildman–Crippen LogP) is 6.26. The Morgan fingerprint density at radius 2 is 1.77 bits per heavy atom. The van der Waals surface area contributed by atoms with Gasteiger partial charge in [0.2, 0.25) is 10.8 Å². The van der Waals surface area contributed by atoms with Gasteiger partial charge < -0.3 is 4.42 Å². The molecule has 0 saturated heterocycles. The third-order valence-electron chi connectivity index (χ3n) is 5.55. The largest absolute Gasteiger partial charge is 0.452 e. The van der Waals surface area contributed by atoms with Crippen molar-refractivity contribution < 1.29 is 4.42 Å². The molecule has 2 aromatic carbocycles. The number of para-hydroxylation sites is 1. The zero-order chi connectivity index (χ0) is 20.8. The van der Waals surface area contributed by atoms with Crippen LogP contribution in [0.1, 0.15) is 48.4 Å². The third kappa shape index (κ3) is 3.21. The van der Waals surface area contributed by atoms with Crippen molar-refractivity contribution in [3.05, 3.63) is 70.2 Å². The number of hydrogen-bond acceptors (Lipinski definition) is 5. The summed E-state index contributed by atoms with van der Waals surface area (Å²) in [5.41, 5.74) is 4.55. The molecule has 5 rings (SSSR count). The van der Waals surface area contributed by atoms with Crippen LogP contribution < -0.4 is 0 Å². The number of fused-ring (bicyclic) bond motifs is 2. The first-order valence-corrected chi connectivity index (χ1v) is 11.1. The fraction of sp³-hybridized carbons (Fsp3) is 0.292. The van der Waals surface area contributed by atoms with E-state index in [2.05, 4.69) is 68.2 Å². The van der Waals surface area contributed by atoms with Crippen molar-refractivity contribution in [1.82, 2.24) is 19.8 Å². The van der Waals surface area contributed by atoms with Crippen molar-refractivity contribution >= 4 is 27.3 Å². The number of rotatable bonds is 5. The van der Waals surface area contributed by atoms with Crippen LogP contribution >= 0.6 is 11.3 Å². The van der Waals surface area contributed by atoms with E-state index in [4.69, 9.17) is 9.52 Å². The summed E-state index contributed by atoms with van der Waals surface area (Å²) in [6.07, 6.45) is 1.10. The molecule has 1 unspecified atom stereocenters. The van der Waals surface area contributed by atoms with Crippen LogP contribution in [0, 0.1) is 12.8 Å². The van der Waals surface area contributed by atoms with Gasteiger partial charge in [-0.3, -0.25) is 0 Å². The molecule has 0 aliphatic heterocycles. The van der Waals surface area contributed by atoms with Gasteiger partial charge in [0.25, 0.3) is 0 Å². The van der Waals surface area contributed by atoms with Gasteiger partial charge in [0.05, 0.1) is 0 Å². The minimum absolute atomic E-state index is 0.189. The highest BCUT2D eigenvalue weighted by molar-refractivity contribution is 7.16. The molecule has 5 nitrogen and oxygen atoms in total. The van der Waals surface area contributed by atoms with Crippen molar-refractivity contribution in [2.75, 3.05) is 0 Å². The summed E-state index contributed by atoms with van der Waals surface area (Å²) in [7, 11) is 0. The first-order chi connectivity index (χ1) is 14.5. The molecule has 30 heavy (non-hydrogen) atoms. The maximum absolute atomic E-state index is 6.09. The van der Waals surface area contributed by atoms with Gasteiger partial charge in [0.1, 0.15) is 10.6 Å². The Morgan fingerprint density at radius 3 is 2.50 bits per heavy atom. The molecule has 1 atom stereocenters. The fourth-order valence-electron chi connectivity index (χ4n) is 3.89.